The second-order valence-corrected chi connectivity index (χ2v) is 23.0. The molecule has 16 aromatic carbocycles. The van der Waals surface area contributed by atoms with Crippen molar-refractivity contribution in [3.8, 4) is 33.4 Å². The van der Waals surface area contributed by atoms with Crippen LogP contribution < -0.4 is 9.80 Å². The molecule has 410 valence electrons. The highest BCUT2D eigenvalue weighted by molar-refractivity contribution is 6.30. The van der Waals surface area contributed by atoms with Crippen molar-refractivity contribution >= 4 is 143 Å². The van der Waals surface area contributed by atoms with Gasteiger partial charge in [-0.2, -0.15) is 0 Å². The van der Waals surface area contributed by atoms with Crippen LogP contribution in [0.15, 0.2) is 324 Å². The van der Waals surface area contributed by atoms with Gasteiger partial charge in [0.1, 0.15) is 22.3 Å². The molecular formula is C84H52N2O2. The van der Waals surface area contributed by atoms with Gasteiger partial charge in [0.05, 0.1) is 22.7 Å². The van der Waals surface area contributed by atoms with E-state index >= 15 is 0 Å². The van der Waals surface area contributed by atoms with Crippen LogP contribution in [-0.4, -0.2) is 0 Å². The number of nitrogens with zero attached hydrogens (tertiary/aromatic N) is 2. The van der Waals surface area contributed by atoms with E-state index < -0.39 is 0 Å². The molecule has 0 aliphatic rings. The number of hydrogen-bond acceptors (Lipinski definition) is 4. The fraction of sp³-hybridized carbons (Fsp3) is 0. The molecule has 0 unspecified atom stereocenters. The lowest BCUT2D eigenvalue weighted by atomic mass is 9.91. The van der Waals surface area contributed by atoms with Gasteiger partial charge in [-0.05, 0) is 125 Å². The van der Waals surface area contributed by atoms with E-state index in [0.29, 0.717) is 0 Å². The zero-order chi connectivity index (χ0) is 57.8. The Balaban J connectivity index is 0.843. The predicted molar refractivity (Wildman–Crippen MR) is 372 cm³/mol. The fourth-order valence-electron chi connectivity index (χ4n) is 14.2. The summed E-state index contributed by atoms with van der Waals surface area (Å²) in [5.41, 5.74) is 16.7. The van der Waals surface area contributed by atoms with Crippen LogP contribution in [-0.2, 0) is 0 Å². The van der Waals surface area contributed by atoms with Gasteiger partial charge >= 0.3 is 0 Å². The lowest BCUT2D eigenvalue weighted by molar-refractivity contribution is 0.669. The van der Waals surface area contributed by atoms with Crippen molar-refractivity contribution in [2.24, 2.45) is 0 Å². The molecule has 18 rings (SSSR count). The van der Waals surface area contributed by atoms with E-state index in [9.17, 15) is 0 Å². The van der Waals surface area contributed by atoms with Gasteiger partial charge in [-0.3, -0.25) is 0 Å². The number of hydrogen-bond donors (Lipinski definition) is 0. The molecule has 4 heteroatoms. The summed E-state index contributed by atoms with van der Waals surface area (Å²) in [5, 5.41) is 18.4. The van der Waals surface area contributed by atoms with Crippen molar-refractivity contribution in [1.82, 2.24) is 0 Å². The molecule has 0 bridgehead atoms. The first-order chi connectivity index (χ1) is 43.7. The van der Waals surface area contributed by atoms with E-state index in [-0.39, 0.29) is 0 Å². The monoisotopic (exact) mass is 1120 g/mol. The van der Waals surface area contributed by atoms with Crippen LogP contribution >= 0.6 is 0 Å². The summed E-state index contributed by atoms with van der Waals surface area (Å²) in [6, 6.07) is 115. The average Bonchev–Trinajstić information content (AvgIpc) is 1.52. The standard InChI is InChI=1S/C84H52N2O2/c1-3-19-53(20-4-1)55-35-41-59(42-36-55)85(75-51-79-83(71-33-17-15-31-69(71)75)81-61-25-9-7-23-57(61)39-49-77(81)87-79)73-47-45-65(63-27-11-13-29-67(63)73)66-46-48-74(68-30-14-12-28-64(66)68)86(60-43-37-56(38-44-60)54-21-5-2-6-22-54)76-52-80-84(72-34-18-16-32-70(72)76)82-62-26-10-8-24-58(62)40-50-78(82)88-80/h1-52H. The third kappa shape index (κ3) is 7.79. The van der Waals surface area contributed by atoms with Crippen molar-refractivity contribution in [3.05, 3.63) is 315 Å². The van der Waals surface area contributed by atoms with Crippen molar-refractivity contribution in [2.45, 2.75) is 0 Å². The molecule has 0 saturated heterocycles. The summed E-state index contributed by atoms with van der Waals surface area (Å²) in [4.78, 5) is 4.89. The van der Waals surface area contributed by atoms with Crippen LogP contribution in [0.2, 0.25) is 0 Å². The zero-order valence-electron chi connectivity index (χ0n) is 47.7. The Morgan fingerprint density at radius 1 is 0.193 bits per heavy atom. The maximum Gasteiger partial charge on any atom is 0.138 e. The molecule has 0 radical (unpaired) electrons. The minimum absolute atomic E-state index is 0.846. The van der Waals surface area contributed by atoms with Gasteiger partial charge in [0.25, 0.3) is 0 Å². The van der Waals surface area contributed by atoms with Gasteiger partial charge in [-0.25, -0.2) is 0 Å². The van der Waals surface area contributed by atoms with Crippen molar-refractivity contribution in [2.75, 3.05) is 9.80 Å². The Hall–Kier alpha value is -11.7. The van der Waals surface area contributed by atoms with Crippen molar-refractivity contribution in [3.63, 3.8) is 0 Å². The van der Waals surface area contributed by atoms with E-state index in [1.54, 1.807) is 0 Å². The number of rotatable bonds is 9. The number of anilines is 6. The number of fused-ring (bicyclic) bond motifs is 16. The summed E-state index contributed by atoms with van der Waals surface area (Å²) < 4.78 is 13.9. The number of furan rings is 2. The van der Waals surface area contributed by atoms with Crippen LogP contribution in [0.4, 0.5) is 34.1 Å². The molecule has 0 saturated carbocycles. The molecule has 0 atom stereocenters. The molecule has 88 heavy (non-hydrogen) atoms. The molecule has 0 amide bonds. The highest BCUT2D eigenvalue weighted by atomic mass is 16.3. The molecule has 2 heterocycles. The highest BCUT2D eigenvalue weighted by Crippen LogP contribution is 2.52. The lowest BCUT2D eigenvalue weighted by Gasteiger charge is -2.30. The largest absolute Gasteiger partial charge is 0.456 e. The molecule has 4 nitrogen and oxygen atoms in total. The first kappa shape index (κ1) is 49.7. The Bertz CT molecular complexity index is 5450. The Morgan fingerprint density at radius 2 is 0.500 bits per heavy atom. The van der Waals surface area contributed by atoms with E-state index in [2.05, 4.69) is 325 Å². The Morgan fingerprint density at radius 3 is 0.898 bits per heavy atom. The van der Waals surface area contributed by atoms with Crippen LogP contribution in [0.3, 0.4) is 0 Å². The molecule has 0 fully saturated rings. The van der Waals surface area contributed by atoms with Gasteiger partial charge in [0.15, 0.2) is 0 Å². The maximum absolute atomic E-state index is 6.95. The fourth-order valence-corrected chi connectivity index (χ4v) is 14.2. The Labute approximate surface area is 507 Å². The smallest absolute Gasteiger partial charge is 0.138 e. The normalized spacial score (nSPS) is 11.9. The first-order valence-electron chi connectivity index (χ1n) is 30.1. The zero-order valence-corrected chi connectivity index (χ0v) is 47.7. The van der Waals surface area contributed by atoms with Crippen molar-refractivity contribution < 1.29 is 8.83 Å². The van der Waals surface area contributed by atoms with Crippen molar-refractivity contribution in [1.29, 1.82) is 0 Å². The third-order valence-electron chi connectivity index (χ3n) is 18.2. The molecule has 2 aromatic heterocycles. The van der Waals surface area contributed by atoms with Crippen LogP contribution in [0.25, 0.3) is 142 Å². The average molecular weight is 1120 g/mol. The molecule has 0 aliphatic heterocycles. The summed E-state index contributed by atoms with van der Waals surface area (Å²) in [6.45, 7) is 0. The molecular weight excluding hydrogens is 1070 g/mol. The highest BCUT2D eigenvalue weighted by Gasteiger charge is 2.27. The van der Waals surface area contributed by atoms with E-state index in [1.807, 2.05) is 0 Å². The van der Waals surface area contributed by atoms with E-state index in [4.69, 9.17) is 8.83 Å². The lowest BCUT2D eigenvalue weighted by Crippen LogP contribution is -2.12. The van der Waals surface area contributed by atoms with Gasteiger partial charge in [0.2, 0.25) is 0 Å². The predicted octanol–water partition coefficient (Wildman–Crippen LogP) is 24.3. The SMILES string of the molecule is c1ccc(-c2ccc(N(c3ccc(-c4ccc(N(c5ccc(-c6ccccc6)cc5)c5cc6oc7ccc8ccccc8c7c6c6ccccc56)c5ccccc45)c4ccccc34)c3cc4oc5ccc6ccccc6c5c4c4ccccc34)cc2)cc1. The quantitative estimate of drug-likeness (QED) is 0.144. The minimum Gasteiger partial charge on any atom is -0.456 e. The maximum atomic E-state index is 6.95. The van der Waals surface area contributed by atoms with Gasteiger partial charge in [0, 0.05) is 66.6 Å². The second kappa shape index (κ2) is 20.0. The van der Waals surface area contributed by atoms with Gasteiger partial charge in [-0.15, -0.1) is 0 Å². The van der Waals surface area contributed by atoms with Gasteiger partial charge < -0.3 is 18.6 Å². The summed E-state index contributed by atoms with van der Waals surface area (Å²) in [5.74, 6) is 0. The topological polar surface area (TPSA) is 32.8 Å². The summed E-state index contributed by atoms with van der Waals surface area (Å²) in [7, 11) is 0. The first-order valence-corrected chi connectivity index (χ1v) is 30.1. The molecule has 18 aromatic rings. The minimum atomic E-state index is 0.846. The molecule has 0 spiro atoms. The van der Waals surface area contributed by atoms with Crippen LogP contribution in [0.1, 0.15) is 0 Å². The second-order valence-electron chi connectivity index (χ2n) is 23.0. The van der Waals surface area contributed by atoms with Crippen LogP contribution in [0.5, 0.6) is 0 Å². The molecule has 0 aliphatic carbocycles. The third-order valence-corrected chi connectivity index (χ3v) is 18.2. The van der Waals surface area contributed by atoms with E-state index in [0.717, 1.165) is 143 Å². The van der Waals surface area contributed by atoms with E-state index in [1.165, 1.54) is 32.7 Å². The Kier molecular flexibility index (Phi) is 11.3. The summed E-state index contributed by atoms with van der Waals surface area (Å²) >= 11 is 0. The summed E-state index contributed by atoms with van der Waals surface area (Å²) in [6.07, 6.45) is 0. The van der Waals surface area contributed by atoms with Crippen LogP contribution in [0, 0.1) is 0 Å². The molecule has 0 N–H and O–H groups in total. The van der Waals surface area contributed by atoms with Gasteiger partial charge in [-0.1, -0.05) is 255 Å². The number of benzene rings is 16.